The summed E-state index contributed by atoms with van der Waals surface area (Å²) in [6.07, 6.45) is 1.54. The highest BCUT2D eigenvalue weighted by molar-refractivity contribution is 6.33. The molecule has 2 aliphatic rings. The molecule has 1 aromatic heterocycles. The number of ether oxygens (including phenoxy) is 1. The Hall–Kier alpha value is -2.54. The van der Waals surface area contributed by atoms with E-state index in [4.69, 9.17) is 16.3 Å². The molecule has 2 aliphatic heterocycles. The van der Waals surface area contributed by atoms with Crippen molar-refractivity contribution in [3.63, 3.8) is 0 Å². The molecule has 1 aromatic carbocycles. The van der Waals surface area contributed by atoms with Crippen molar-refractivity contribution in [2.45, 2.75) is 5.92 Å². The topological polar surface area (TPSA) is 84.7 Å². The SMILES string of the molecule is Cn1cc(Cl)c(C(=O)N2C[C@@H]3c4ccccc4OC[C@]3(C(=O)O)C2)n1. The number of carboxylic acid groups (broad SMARTS) is 1. The summed E-state index contributed by atoms with van der Waals surface area (Å²) in [7, 11) is 1.68. The Balaban J connectivity index is 1.73. The third kappa shape index (κ3) is 2.30. The van der Waals surface area contributed by atoms with Crippen molar-refractivity contribution < 1.29 is 19.4 Å². The molecule has 0 bridgehead atoms. The Morgan fingerprint density at radius 2 is 2.16 bits per heavy atom. The molecule has 0 radical (unpaired) electrons. The number of nitrogens with zero attached hydrogens (tertiary/aromatic N) is 3. The van der Waals surface area contributed by atoms with Gasteiger partial charge in [-0.3, -0.25) is 14.3 Å². The average molecular weight is 362 g/mol. The standard InChI is InChI=1S/C17H16ClN3O4/c1-20-7-12(18)14(19-20)15(22)21-6-11-10-4-2-3-5-13(10)25-9-17(11,8-21)16(23)24/h2-5,7,11H,6,8-9H2,1H3,(H,23,24)/t11-,17-/m1/s1. The molecule has 0 spiro atoms. The van der Waals surface area contributed by atoms with Crippen molar-refractivity contribution in [2.75, 3.05) is 19.7 Å². The number of amides is 1. The number of halogens is 1. The van der Waals surface area contributed by atoms with Gasteiger partial charge in [0, 0.05) is 37.8 Å². The maximum Gasteiger partial charge on any atom is 0.315 e. The van der Waals surface area contributed by atoms with Crippen LogP contribution in [0.2, 0.25) is 5.02 Å². The lowest BCUT2D eigenvalue weighted by Gasteiger charge is -2.35. The van der Waals surface area contributed by atoms with Gasteiger partial charge in [-0.05, 0) is 6.07 Å². The summed E-state index contributed by atoms with van der Waals surface area (Å²) in [5, 5.41) is 14.2. The second-order valence-electron chi connectivity index (χ2n) is 6.53. The smallest absolute Gasteiger partial charge is 0.315 e. The Labute approximate surface area is 148 Å². The van der Waals surface area contributed by atoms with Gasteiger partial charge in [-0.2, -0.15) is 5.10 Å². The molecule has 7 nitrogen and oxygen atoms in total. The molecule has 130 valence electrons. The minimum absolute atomic E-state index is 0.0315. The van der Waals surface area contributed by atoms with Gasteiger partial charge in [0.15, 0.2) is 5.69 Å². The molecular formula is C17H16ClN3O4. The zero-order valence-corrected chi connectivity index (χ0v) is 14.2. The van der Waals surface area contributed by atoms with Crippen LogP contribution in [0.4, 0.5) is 0 Å². The number of hydrogen-bond acceptors (Lipinski definition) is 4. The van der Waals surface area contributed by atoms with Gasteiger partial charge in [0.05, 0.1) is 5.02 Å². The summed E-state index contributed by atoms with van der Waals surface area (Å²) in [5.74, 6) is -0.983. The number of fused-ring (bicyclic) bond motifs is 3. The van der Waals surface area contributed by atoms with Crippen molar-refractivity contribution in [3.05, 3.63) is 46.7 Å². The Morgan fingerprint density at radius 1 is 1.40 bits per heavy atom. The molecule has 1 saturated heterocycles. The van der Waals surface area contributed by atoms with Gasteiger partial charge >= 0.3 is 5.97 Å². The first-order chi connectivity index (χ1) is 11.9. The number of rotatable bonds is 2. The van der Waals surface area contributed by atoms with Crippen molar-refractivity contribution in [2.24, 2.45) is 12.5 Å². The van der Waals surface area contributed by atoms with Crippen LogP contribution in [0.15, 0.2) is 30.5 Å². The molecule has 2 atom stereocenters. The maximum atomic E-state index is 12.8. The van der Waals surface area contributed by atoms with Crippen LogP contribution in [0.25, 0.3) is 0 Å². The van der Waals surface area contributed by atoms with Crippen LogP contribution in [0.5, 0.6) is 5.75 Å². The number of aromatic nitrogens is 2. The second kappa shape index (κ2) is 5.49. The molecule has 4 rings (SSSR count). The van der Waals surface area contributed by atoms with Gasteiger partial charge in [-0.15, -0.1) is 0 Å². The van der Waals surface area contributed by atoms with Gasteiger partial charge in [-0.1, -0.05) is 29.8 Å². The van der Waals surface area contributed by atoms with Crippen molar-refractivity contribution in [1.82, 2.24) is 14.7 Å². The van der Waals surface area contributed by atoms with Crippen LogP contribution in [-0.2, 0) is 11.8 Å². The Bertz CT molecular complexity index is 881. The van der Waals surface area contributed by atoms with Gasteiger partial charge in [0.1, 0.15) is 17.8 Å². The zero-order valence-electron chi connectivity index (χ0n) is 13.5. The molecule has 8 heteroatoms. The quantitative estimate of drug-likeness (QED) is 0.881. The first-order valence-electron chi connectivity index (χ1n) is 7.86. The summed E-state index contributed by atoms with van der Waals surface area (Å²) >= 11 is 6.08. The number of para-hydroxylation sites is 1. The molecule has 0 unspecified atom stereocenters. The molecule has 1 fully saturated rings. The predicted octanol–water partition coefficient (Wildman–Crippen LogP) is 1.78. The molecule has 2 aromatic rings. The van der Waals surface area contributed by atoms with E-state index < -0.39 is 11.4 Å². The number of aryl methyl sites for hydroxylation is 1. The van der Waals surface area contributed by atoms with Crippen LogP contribution in [0, 0.1) is 5.41 Å². The molecule has 0 aliphatic carbocycles. The second-order valence-corrected chi connectivity index (χ2v) is 6.93. The average Bonchev–Trinajstić information content (AvgIpc) is 3.15. The summed E-state index contributed by atoms with van der Waals surface area (Å²) in [4.78, 5) is 26.4. The third-order valence-corrected chi connectivity index (χ3v) is 5.30. The van der Waals surface area contributed by atoms with E-state index >= 15 is 0 Å². The highest BCUT2D eigenvalue weighted by Gasteiger charge is 2.57. The lowest BCUT2D eigenvalue weighted by molar-refractivity contribution is -0.151. The van der Waals surface area contributed by atoms with Gasteiger partial charge in [0.25, 0.3) is 5.91 Å². The minimum atomic E-state index is -1.16. The molecule has 25 heavy (non-hydrogen) atoms. The largest absolute Gasteiger partial charge is 0.492 e. The molecule has 3 heterocycles. The monoisotopic (exact) mass is 361 g/mol. The van der Waals surface area contributed by atoms with E-state index in [9.17, 15) is 14.7 Å². The molecule has 0 saturated carbocycles. The number of carbonyl (C=O) groups is 2. The number of hydrogen-bond donors (Lipinski definition) is 1. The van der Waals surface area contributed by atoms with E-state index in [2.05, 4.69) is 5.10 Å². The van der Waals surface area contributed by atoms with Crippen LogP contribution in [-0.4, -0.2) is 51.4 Å². The van der Waals surface area contributed by atoms with E-state index in [1.54, 1.807) is 13.2 Å². The van der Waals surface area contributed by atoms with Crippen molar-refractivity contribution in [1.29, 1.82) is 0 Å². The van der Waals surface area contributed by atoms with Crippen molar-refractivity contribution >= 4 is 23.5 Å². The van der Waals surface area contributed by atoms with Crippen LogP contribution < -0.4 is 4.74 Å². The molecule has 1 amide bonds. The lowest BCUT2D eigenvalue weighted by atomic mass is 9.73. The highest BCUT2D eigenvalue weighted by atomic mass is 35.5. The number of benzene rings is 1. The number of carbonyl (C=O) groups excluding carboxylic acids is 1. The van der Waals surface area contributed by atoms with Crippen LogP contribution >= 0.6 is 11.6 Å². The summed E-state index contributed by atoms with van der Waals surface area (Å²) in [5.41, 5.74) is -0.207. The summed E-state index contributed by atoms with van der Waals surface area (Å²) in [6, 6.07) is 7.37. The Morgan fingerprint density at radius 3 is 2.84 bits per heavy atom. The zero-order chi connectivity index (χ0) is 17.8. The normalized spacial score (nSPS) is 24.4. The molecular weight excluding hydrogens is 346 g/mol. The van der Waals surface area contributed by atoms with Crippen molar-refractivity contribution in [3.8, 4) is 5.75 Å². The lowest BCUT2D eigenvalue weighted by Crippen LogP contribution is -2.46. The van der Waals surface area contributed by atoms with Crippen LogP contribution in [0.1, 0.15) is 22.0 Å². The van der Waals surface area contributed by atoms with Gasteiger partial charge in [0.2, 0.25) is 0 Å². The fourth-order valence-corrected chi connectivity index (χ4v) is 4.01. The van der Waals surface area contributed by atoms with Gasteiger partial charge in [-0.25, -0.2) is 0 Å². The predicted molar refractivity (Wildman–Crippen MR) is 88.9 cm³/mol. The summed E-state index contributed by atoms with van der Waals surface area (Å²) in [6.45, 7) is 0.384. The van der Waals surface area contributed by atoms with E-state index in [1.165, 1.54) is 9.58 Å². The van der Waals surface area contributed by atoms with Crippen LogP contribution in [0.3, 0.4) is 0 Å². The fraction of sp³-hybridized carbons (Fsp3) is 0.353. The number of likely N-dealkylation sites (tertiary alicyclic amines) is 1. The third-order valence-electron chi connectivity index (χ3n) is 5.02. The maximum absolute atomic E-state index is 12.8. The first-order valence-corrected chi connectivity index (χ1v) is 8.24. The van der Waals surface area contributed by atoms with Gasteiger partial charge < -0.3 is 14.7 Å². The van der Waals surface area contributed by atoms with E-state index in [1.807, 2.05) is 24.3 Å². The first kappa shape index (κ1) is 16.0. The highest BCUT2D eigenvalue weighted by Crippen LogP contribution is 2.50. The van der Waals surface area contributed by atoms with E-state index in [-0.39, 0.29) is 35.7 Å². The fourth-order valence-electron chi connectivity index (χ4n) is 3.75. The van der Waals surface area contributed by atoms with E-state index in [0.717, 1.165) is 5.56 Å². The molecule has 1 N–H and O–H groups in total. The van der Waals surface area contributed by atoms with E-state index in [0.29, 0.717) is 12.3 Å². The number of carboxylic acids is 1. The Kier molecular flexibility index (Phi) is 3.50. The summed E-state index contributed by atoms with van der Waals surface area (Å²) < 4.78 is 7.16. The number of aliphatic carboxylic acids is 1. The minimum Gasteiger partial charge on any atom is -0.492 e.